The molecule has 0 saturated carbocycles. The SMILES string of the molecule is N#Cc1ccc(OC(=O)COc2cc(Cl)ccc2Cl)cc1. The fraction of sp³-hybridized carbons (Fsp3) is 0.0667. The summed E-state index contributed by atoms with van der Waals surface area (Å²) >= 11 is 11.7. The highest BCUT2D eigenvalue weighted by atomic mass is 35.5. The van der Waals surface area contributed by atoms with Crippen molar-refractivity contribution in [2.45, 2.75) is 0 Å². The molecule has 106 valence electrons. The minimum absolute atomic E-state index is 0.305. The summed E-state index contributed by atoms with van der Waals surface area (Å²) in [6.45, 7) is -0.305. The third-order valence-corrected chi connectivity index (χ3v) is 3.00. The van der Waals surface area contributed by atoms with Gasteiger partial charge in [-0.3, -0.25) is 0 Å². The maximum absolute atomic E-state index is 11.6. The molecule has 2 aromatic carbocycles. The Kier molecular flexibility index (Phi) is 5.04. The maximum atomic E-state index is 11.6. The van der Waals surface area contributed by atoms with Crippen molar-refractivity contribution in [3.8, 4) is 17.6 Å². The van der Waals surface area contributed by atoms with Gasteiger partial charge in [0.15, 0.2) is 6.61 Å². The van der Waals surface area contributed by atoms with E-state index in [0.717, 1.165) is 0 Å². The van der Waals surface area contributed by atoms with Gasteiger partial charge in [-0.05, 0) is 36.4 Å². The fourth-order valence-electron chi connectivity index (χ4n) is 1.48. The summed E-state index contributed by atoms with van der Waals surface area (Å²) in [5, 5.41) is 9.47. The van der Waals surface area contributed by atoms with Gasteiger partial charge in [0.2, 0.25) is 0 Å². The van der Waals surface area contributed by atoms with Crippen molar-refractivity contribution < 1.29 is 14.3 Å². The van der Waals surface area contributed by atoms with Crippen molar-refractivity contribution in [2.24, 2.45) is 0 Å². The molecule has 2 rings (SSSR count). The van der Waals surface area contributed by atoms with Crippen LogP contribution in [0.5, 0.6) is 11.5 Å². The van der Waals surface area contributed by atoms with Crippen LogP contribution in [0.2, 0.25) is 10.0 Å². The molecule has 0 aliphatic rings. The summed E-state index contributed by atoms with van der Waals surface area (Å²) in [5.41, 5.74) is 0.483. The molecular weight excluding hydrogens is 313 g/mol. The summed E-state index contributed by atoms with van der Waals surface area (Å²) in [5.74, 6) is 0.0523. The number of halogens is 2. The molecule has 6 heteroatoms. The summed E-state index contributed by atoms with van der Waals surface area (Å²) in [6.07, 6.45) is 0. The molecule has 0 saturated heterocycles. The van der Waals surface area contributed by atoms with Crippen LogP contribution < -0.4 is 9.47 Å². The molecule has 0 N–H and O–H groups in total. The zero-order valence-corrected chi connectivity index (χ0v) is 12.2. The van der Waals surface area contributed by atoms with E-state index >= 15 is 0 Å². The number of carbonyl (C=O) groups excluding carboxylic acids is 1. The van der Waals surface area contributed by atoms with Gasteiger partial charge in [-0.1, -0.05) is 23.2 Å². The van der Waals surface area contributed by atoms with Crippen LogP contribution in [0.1, 0.15) is 5.56 Å². The molecule has 4 nitrogen and oxygen atoms in total. The highest BCUT2D eigenvalue weighted by molar-refractivity contribution is 6.34. The average Bonchev–Trinajstić information content (AvgIpc) is 2.49. The maximum Gasteiger partial charge on any atom is 0.349 e. The first-order chi connectivity index (χ1) is 10.1. The number of nitrogens with zero attached hydrogens (tertiary/aromatic N) is 1. The van der Waals surface area contributed by atoms with Crippen molar-refractivity contribution >= 4 is 29.2 Å². The van der Waals surface area contributed by atoms with Gasteiger partial charge in [-0.2, -0.15) is 5.26 Å². The van der Waals surface area contributed by atoms with Gasteiger partial charge in [-0.25, -0.2) is 4.79 Å². The fourth-order valence-corrected chi connectivity index (χ4v) is 1.82. The van der Waals surface area contributed by atoms with E-state index in [4.69, 9.17) is 37.9 Å². The van der Waals surface area contributed by atoms with E-state index in [1.807, 2.05) is 6.07 Å². The standard InChI is InChI=1S/C15H9Cl2NO3/c16-11-3-6-13(17)14(7-11)20-9-15(19)21-12-4-1-10(8-18)2-5-12/h1-7H,9H2. The monoisotopic (exact) mass is 321 g/mol. The lowest BCUT2D eigenvalue weighted by molar-refractivity contribution is -0.136. The Hall–Kier alpha value is -2.22. The Morgan fingerprint density at radius 1 is 1.14 bits per heavy atom. The van der Waals surface area contributed by atoms with E-state index in [0.29, 0.717) is 27.1 Å². The number of rotatable bonds is 4. The van der Waals surface area contributed by atoms with Gasteiger partial charge in [0.25, 0.3) is 0 Å². The van der Waals surface area contributed by atoms with Gasteiger partial charge in [0.1, 0.15) is 11.5 Å². The van der Waals surface area contributed by atoms with Crippen molar-refractivity contribution in [1.29, 1.82) is 5.26 Å². The lowest BCUT2D eigenvalue weighted by atomic mass is 10.2. The summed E-state index contributed by atoms with van der Waals surface area (Å²) in [6, 6.07) is 12.8. The van der Waals surface area contributed by atoms with Crippen molar-refractivity contribution in [1.82, 2.24) is 0 Å². The minimum atomic E-state index is -0.587. The summed E-state index contributed by atoms with van der Waals surface area (Å²) in [7, 11) is 0. The second-order valence-electron chi connectivity index (χ2n) is 3.97. The molecule has 0 aliphatic heterocycles. The van der Waals surface area contributed by atoms with Crippen LogP contribution in [0.25, 0.3) is 0 Å². The van der Waals surface area contributed by atoms with Gasteiger partial charge in [0, 0.05) is 11.1 Å². The number of benzene rings is 2. The average molecular weight is 322 g/mol. The van der Waals surface area contributed by atoms with Crippen LogP contribution in [0, 0.1) is 11.3 Å². The van der Waals surface area contributed by atoms with Crippen molar-refractivity contribution in [3.05, 3.63) is 58.1 Å². The van der Waals surface area contributed by atoms with E-state index < -0.39 is 5.97 Å². The zero-order valence-electron chi connectivity index (χ0n) is 10.7. The first kappa shape index (κ1) is 15.2. The summed E-state index contributed by atoms with van der Waals surface area (Å²) < 4.78 is 10.3. The van der Waals surface area contributed by atoms with E-state index in [1.54, 1.807) is 24.3 Å². The lowest BCUT2D eigenvalue weighted by Crippen LogP contribution is -2.17. The minimum Gasteiger partial charge on any atom is -0.480 e. The normalized spacial score (nSPS) is 9.76. The second kappa shape index (κ2) is 6.98. The molecule has 0 fully saturated rings. The molecule has 0 unspecified atom stereocenters. The van der Waals surface area contributed by atoms with Gasteiger partial charge in [0.05, 0.1) is 16.7 Å². The molecule has 0 heterocycles. The van der Waals surface area contributed by atoms with Crippen LogP contribution >= 0.6 is 23.2 Å². The topological polar surface area (TPSA) is 59.3 Å². The Bertz CT molecular complexity index is 693. The lowest BCUT2D eigenvalue weighted by Gasteiger charge is -2.08. The van der Waals surface area contributed by atoms with E-state index in [2.05, 4.69) is 0 Å². The number of hydrogen-bond acceptors (Lipinski definition) is 4. The highest BCUT2D eigenvalue weighted by Gasteiger charge is 2.09. The Labute approximate surface area is 131 Å². The van der Waals surface area contributed by atoms with Crippen LogP contribution in [-0.2, 0) is 4.79 Å². The third-order valence-electron chi connectivity index (χ3n) is 2.45. The van der Waals surface area contributed by atoms with Gasteiger partial charge < -0.3 is 9.47 Å². The molecular formula is C15H9Cl2NO3. The number of nitriles is 1. The molecule has 0 amide bonds. The molecule has 0 aromatic heterocycles. The number of carbonyl (C=O) groups is 1. The highest BCUT2D eigenvalue weighted by Crippen LogP contribution is 2.27. The summed E-state index contributed by atoms with van der Waals surface area (Å²) in [4.78, 5) is 11.6. The number of hydrogen-bond donors (Lipinski definition) is 0. The van der Waals surface area contributed by atoms with Crippen LogP contribution in [0.3, 0.4) is 0 Å². The van der Waals surface area contributed by atoms with Gasteiger partial charge >= 0.3 is 5.97 Å². The van der Waals surface area contributed by atoms with E-state index in [1.165, 1.54) is 18.2 Å². The molecule has 21 heavy (non-hydrogen) atoms. The smallest absolute Gasteiger partial charge is 0.349 e. The van der Waals surface area contributed by atoms with E-state index in [-0.39, 0.29) is 6.61 Å². The molecule has 0 spiro atoms. The first-order valence-corrected chi connectivity index (χ1v) is 6.63. The number of esters is 1. The van der Waals surface area contributed by atoms with E-state index in [9.17, 15) is 4.79 Å². The van der Waals surface area contributed by atoms with Gasteiger partial charge in [-0.15, -0.1) is 0 Å². The molecule has 2 aromatic rings. The first-order valence-electron chi connectivity index (χ1n) is 5.87. The van der Waals surface area contributed by atoms with Crippen LogP contribution in [0.4, 0.5) is 0 Å². The van der Waals surface area contributed by atoms with Crippen LogP contribution in [-0.4, -0.2) is 12.6 Å². The quantitative estimate of drug-likeness (QED) is 0.634. The Morgan fingerprint density at radius 3 is 2.52 bits per heavy atom. The number of ether oxygens (including phenoxy) is 2. The molecule has 0 aliphatic carbocycles. The second-order valence-corrected chi connectivity index (χ2v) is 4.82. The molecule has 0 atom stereocenters. The Balaban J connectivity index is 1.92. The zero-order chi connectivity index (χ0) is 15.2. The van der Waals surface area contributed by atoms with Crippen molar-refractivity contribution in [2.75, 3.05) is 6.61 Å². The predicted octanol–water partition coefficient (Wildman–Crippen LogP) is 3.85. The Morgan fingerprint density at radius 2 is 1.86 bits per heavy atom. The van der Waals surface area contributed by atoms with Crippen molar-refractivity contribution in [3.63, 3.8) is 0 Å². The molecule has 0 radical (unpaired) electrons. The van der Waals surface area contributed by atoms with Crippen LogP contribution in [0.15, 0.2) is 42.5 Å². The predicted molar refractivity (Wildman–Crippen MR) is 78.7 cm³/mol. The third kappa shape index (κ3) is 4.38. The largest absolute Gasteiger partial charge is 0.480 e. The molecule has 0 bridgehead atoms.